The highest BCUT2D eigenvalue weighted by Gasteiger charge is 2.52. The summed E-state index contributed by atoms with van der Waals surface area (Å²) in [5.74, 6) is 0.0240. The lowest BCUT2D eigenvalue weighted by molar-refractivity contribution is -0.120. The van der Waals surface area contributed by atoms with Gasteiger partial charge < -0.3 is 10.2 Å². The summed E-state index contributed by atoms with van der Waals surface area (Å²) in [7, 11) is 0. The minimum Gasteiger partial charge on any atom is -0.337 e. The van der Waals surface area contributed by atoms with E-state index < -0.39 is 5.41 Å². The van der Waals surface area contributed by atoms with Crippen LogP contribution in [0.2, 0.25) is 0 Å². The molecule has 2 aliphatic rings. The molecule has 1 fully saturated rings. The molecule has 116 valence electrons. The number of nitrogens with one attached hydrogen (secondary N) is 1. The van der Waals surface area contributed by atoms with Crippen molar-refractivity contribution in [3.63, 3.8) is 0 Å². The molecule has 1 saturated heterocycles. The Kier molecular flexibility index (Phi) is 3.01. The molecular formula is C19H18N2O2. The number of aryl methyl sites for hydroxylation is 1. The molecule has 0 saturated carbocycles. The van der Waals surface area contributed by atoms with Gasteiger partial charge in [0.1, 0.15) is 0 Å². The van der Waals surface area contributed by atoms with Crippen LogP contribution in [-0.4, -0.2) is 29.8 Å². The highest BCUT2D eigenvalue weighted by atomic mass is 16.2. The molecule has 23 heavy (non-hydrogen) atoms. The van der Waals surface area contributed by atoms with E-state index in [1.807, 2.05) is 60.4 Å². The van der Waals surface area contributed by atoms with E-state index in [0.717, 1.165) is 22.4 Å². The molecule has 2 heterocycles. The van der Waals surface area contributed by atoms with E-state index in [1.165, 1.54) is 0 Å². The highest BCUT2D eigenvalue weighted by Crippen LogP contribution is 2.44. The molecule has 0 aliphatic carbocycles. The normalized spacial score (nSPS) is 22.3. The average molecular weight is 306 g/mol. The lowest BCUT2D eigenvalue weighted by atomic mass is 9.81. The monoisotopic (exact) mass is 306 g/mol. The number of likely N-dealkylation sites (tertiary alicyclic amines) is 1. The summed E-state index contributed by atoms with van der Waals surface area (Å²) in [6, 6.07) is 15.4. The summed E-state index contributed by atoms with van der Waals surface area (Å²) < 4.78 is 0. The van der Waals surface area contributed by atoms with Crippen molar-refractivity contribution < 1.29 is 9.59 Å². The summed E-state index contributed by atoms with van der Waals surface area (Å²) in [5.41, 5.74) is 2.99. The van der Waals surface area contributed by atoms with Gasteiger partial charge in [-0.2, -0.15) is 0 Å². The molecule has 2 aliphatic heterocycles. The van der Waals surface area contributed by atoms with Gasteiger partial charge in [0.25, 0.3) is 5.91 Å². The SMILES string of the molecule is Cc1ccccc1C(=O)N1CC[C@@]2(C1)C(=O)Nc1ccccc12. The molecule has 2 aromatic rings. The van der Waals surface area contributed by atoms with Crippen molar-refractivity contribution in [1.29, 1.82) is 0 Å². The van der Waals surface area contributed by atoms with E-state index >= 15 is 0 Å². The van der Waals surface area contributed by atoms with Crippen LogP contribution in [0.3, 0.4) is 0 Å². The Hall–Kier alpha value is -2.62. The van der Waals surface area contributed by atoms with Crippen LogP contribution in [0.25, 0.3) is 0 Å². The van der Waals surface area contributed by atoms with Crippen molar-refractivity contribution in [2.75, 3.05) is 18.4 Å². The van der Waals surface area contributed by atoms with Crippen molar-refractivity contribution in [3.05, 3.63) is 65.2 Å². The fraction of sp³-hybridized carbons (Fsp3) is 0.263. The Morgan fingerprint density at radius 1 is 1.13 bits per heavy atom. The van der Waals surface area contributed by atoms with Crippen LogP contribution in [0.1, 0.15) is 27.9 Å². The summed E-state index contributed by atoms with van der Waals surface area (Å²) in [5, 5.41) is 2.96. The van der Waals surface area contributed by atoms with E-state index in [-0.39, 0.29) is 11.8 Å². The zero-order chi connectivity index (χ0) is 16.0. The second kappa shape index (κ2) is 4.95. The number of amides is 2. The number of hydrogen-bond donors (Lipinski definition) is 1. The molecule has 4 rings (SSSR count). The van der Waals surface area contributed by atoms with Crippen LogP contribution in [0.5, 0.6) is 0 Å². The fourth-order valence-electron chi connectivity index (χ4n) is 3.75. The molecule has 1 spiro atoms. The summed E-state index contributed by atoms with van der Waals surface area (Å²) in [4.78, 5) is 27.2. The Balaban J connectivity index is 1.66. The number of fused-ring (bicyclic) bond motifs is 2. The van der Waals surface area contributed by atoms with Gasteiger partial charge in [-0.1, -0.05) is 36.4 Å². The lowest BCUT2D eigenvalue weighted by Crippen LogP contribution is -2.39. The van der Waals surface area contributed by atoms with Crippen molar-refractivity contribution >= 4 is 17.5 Å². The van der Waals surface area contributed by atoms with Crippen LogP contribution in [-0.2, 0) is 10.2 Å². The number of carbonyl (C=O) groups is 2. The summed E-state index contributed by atoms with van der Waals surface area (Å²) >= 11 is 0. The topological polar surface area (TPSA) is 49.4 Å². The molecule has 0 unspecified atom stereocenters. The van der Waals surface area contributed by atoms with Gasteiger partial charge in [-0.3, -0.25) is 9.59 Å². The maximum Gasteiger partial charge on any atom is 0.254 e. The Bertz CT molecular complexity index is 815. The van der Waals surface area contributed by atoms with Crippen LogP contribution in [0.15, 0.2) is 48.5 Å². The van der Waals surface area contributed by atoms with E-state index in [0.29, 0.717) is 19.5 Å². The summed E-state index contributed by atoms with van der Waals surface area (Å²) in [6.45, 7) is 2.99. The van der Waals surface area contributed by atoms with Gasteiger partial charge in [0.2, 0.25) is 5.91 Å². The molecule has 2 aromatic carbocycles. The van der Waals surface area contributed by atoms with E-state index in [2.05, 4.69) is 5.32 Å². The van der Waals surface area contributed by atoms with Gasteiger partial charge >= 0.3 is 0 Å². The number of benzene rings is 2. The highest BCUT2D eigenvalue weighted by molar-refractivity contribution is 6.07. The van der Waals surface area contributed by atoms with Crippen LogP contribution in [0, 0.1) is 6.92 Å². The zero-order valence-electron chi connectivity index (χ0n) is 13.0. The van der Waals surface area contributed by atoms with E-state index in [4.69, 9.17) is 0 Å². The predicted octanol–water partition coefficient (Wildman–Crippen LogP) is 2.73. The number of para-hydroxylation sites is 1. The molecular weight excluding hydrogens is 288 g/mol. The molecule has 0 bridgehead atoms. The summed E-state index contributed by atoms with van der Waals surface area (Å²) in [6.07, 6.45) is 0.674. The molecule has 0 aromatic heterocycles. The third-order valence-electron chi connectivity index (χ3n) is 5.06. The van der Waals surface area contributed by atoms with Gasteiger partial charge in [0, 0.05) is 24.3 Å². The first-order valence-electron chi connectivity index (χ1n) is 7.88. The standard InChI is InChI=1S/C19H18N2O2/c1-13-6-2-3-7-14(13)17(22)21-11-10-19(12-21)15-8-4-5-9-16(15)20-18(19)23/h2-9H,10-12H2,1H3,(H,20,23)/t19-/m0/s1. The number of anilines is 1. The van der Waals surface area contributed by atoms with Gasteiger partial charge in [0.15, 0.2) is 0 Å². The number of nitrogens with zero attached hydrogens (tertiary/aromatic N) is 1. The first kappa shape index (κ1) is 14.0. The maximum absolute atomic E-state index is 12.8. The first-order valence-corrected chi connectivity index (χ1v) is 7.88. The third kappa shape index (κ3) is 1.98. The van der Waals surface area contributed by atoms with Crippen molar-refractivity contribution in [1.82, 2.24) is 4.90 Å². The third-order valence-corrected chi connectivity index (χ3v) is 5.06. The lowest BCUT2D eigenvalue weighted by Gasteiger charge is -2.23. The molecule has 4 nitrogen and oxygen atoms in total. The fourth-order valence-corrected chi connectivity index (χ4v) is 3.75. The quantitative estimate of drug-likeness (QED) is 0.880. The Morgan fingerprint density at radius 2 is 1.87 bits per heavy atom. The van der Waals surface area contributed by atoms with Gasteiger partial charge in [-0.05, 0) is 36.6 Å². The second-order valence-electron chi connectivity index (χ2n) is 6.37. The second-order valence-corrected chi connectivity index (χ2v) is 6.37. The van der Waals surface area contributed by atoms with Gasteiger partial charge in [0.05, 0.1) is 5.41 Å². The molecule has 0 radical (unpaired) electrons. The number of hydrogen-bond acceptors (Lipinski definition) is 2. The zero-order valence-corrected chi connectivity index (χ0v) is 13.0. The van der Waals surface area contributed by atoms with Crippen LogP contribution >= 0.6 is 0 Å². The largest absolute Gasteiger partial charge is 0.337 e. The predicted molar refractivity (Wildman–Crippen MR) is 88.4 cm³/mol. The van der Waals surface area contributed by atoms with Crippen molar-refractivity contribution in [2.24, 2.45) is 0 Å². The number of carbonyl (C=O) groups excluding carboxylic acids is 2. The first-order chi connectivity index (χ1) is 11.1. The molecule has 1 atom stereocenters. The molecule has 1 N–H and O–H groups in total. The smallest absolute Gasteiger partial charge is 0.254 e. The Morgan fingerprint density at radius 3 is 2.70 bits per heavy atom. The number of rotatable bonds is 1. The van der Waals surface area contributed by atoms with Gasteiger partial charge in [-0.25, -0.2) is 0 Å². The minimum absolute atomic E-state index is 0.0113. The van der Waals surface area contributed by atoms with Crippen molar-refractivity contribution in [2.45, 2.75) is 18.8 Å². The average Bonchev–Trinajstić information content (AvgIpc) is 3.12. The molecule has 2 amide bonds. The van der Waals surface area contributed by atoms with Crippen LogP contribution < -0.4 is 5.32 Å². The van der Waals surface area contributed by atoms with Crippen LogP contribution in [0.4, 0.5) is 5.69 Å². The minimum atomic E-state index is -0.588. The molecule has 4 heteroatoms. The van der Waals surface area contributed by atoms with Crippen molar-refractivity contribution in [3.8, 4) is 0 Å². The Labute approximate surface area is 135 Å². The van der Waals surface area contributed by atoms with Gasteiger partial charge in [-0.15, -0.1) is 0 Å². The van der Waals surface area contributed by atoms with E-state index in [9.17, 15) is 9.59 Å². The maximum atomic E-state index is 12.8. The van der Waals surface area contributed by atoms with E-state index in [1.54, 1.807) is 0 Å².